The van der Waals surface area contributed by atoms with Crippen molar-refractivity contribution in [3.63, 3.8) is 0 Å². The van der Waals surface area contributed by atoms with E-state index in [1.165, 1.54) is 16.3 Å². The number of hydrogen-bond acceptors (Lipinski definition) is 2. The van der Waals surface area contributed by atoms with Crippen molar-refractivity contribution < 1.29 is 9.53 Å². The van der Waals surface area contributed by atoms with Crippen molar-refractivity contribution in [2.45, 2.75) is 26.3 Å². The van der Waals surface area contributed by atoms with Gasteiger partial charge in [-0.1, -0.05) is 54.1 Å². The summed E-state index contributed by atoms with van der Waals surface area (Å²) >= 11 is 0. The predicted molar refractivity (Wildman–Crippen MR) is 102 cm³/mol. The van der Waals surface area contributed by atoms with Gasteiger partial charge in [-0.25, -0.2) is 0 Å². The number of aryl methyl sites for hydroxylation is 1. The van der Waals surface area contributed by atoms with Crippen LogP contribution in [0.15, 0.2) is 66.7 Å². The molecule has 0 aliphatic rings. The van der Waals surface area contributed by atoms with Gasteiger partial charge >= 0.3 is 0 Å². The smallest absolute Gasteiger partial charge is 0.220 e. The monoisotopic (exact) mass is 333 g/mol. The second-order valence-electron chi connectivity index (χ2n) is 6.22. The Bertz CT molecular complexity index is 840. The third-order valence-electron chi connectivity index (χ3n) is 4.14. The second kappa shape index (κ2) is 8.34. The van der Waals surface area contributed by atoms with E-state index in [2.05, 4.69) is 35.6 Å². The molecule has 0 bridgehead atoms. The first-order valence-corrected chi connectivity index (χ1v) is 8.64. The maximum absolute atomic E-state index is 12.0. The molecule has 0 aromatic heterocycles. The predicted octanol–water partition coefficient (Wildman–Crippen LogP) is 4.62. The van der Waals surface area contributed by atoms with E-state index in [0.717, 1.165) is 11.3 Å². The maximum Gasteiger partial charge on any atom is 0.220 e. The SMILES string of the molecule is Cc1ccc(OCCCC(=O)NCc2ccc3ccccc3c2)cc1. The van der Waals surface area contributed by atoms with Crippen molar-refractivity contribution in [3.8, 4) is 5.75 Å². The van der Waals surface area contributed by atoms with Crippen LogP contribution in [0, 0.1) is 6.92 Å². The molecule has 0 aliphatic carbocycles. The van der Waals surface area contributed by atoms with Crippen molar-refractivity contribution in [3.05, 3.63) is 77.9 Å². The highest BCUT2D eigenvalue weighted by Crippen LogP contribution is 2.15. The van der Waals surface area contributed by atoms with Gasteiger partial charge in [-0.3, -0.25) is 4.79 Å². The minimum atomic E-state index is 0.0562. The first-order chi connectivity index (χ1) is 12.2. The fraction of sp³-hybridized carbons (Fsp3) is 0.227. The molecule has 3 nitrogen and oxygen atoms in total. The number of carbonyl (C=O) groups is 1. The third-order valence-corrected chi connectivity index (χ3v) is 4.14. The van der Waals surface area contributed by atoms with Gasteiger partial charge in [0, 0.05) is 13.0 Å². The van der Waals surface area contributed by atoms with Crippen molar-refractivity contribution in [2.75, 3.05) is 6.61 Å². The van der Waals surface area contributed by atoms with Gasteiger partial charge in [-0.2, -0.15) is 0 Å². The van der Waals surface area contributed by atoms with E-state index < -0.39 is 0 Å². The summed E-state index contributed by atoms with van der Waals surface area (Å²) in [6.07, 6.45) is 1.18. The molecule has 3 aromatic rings. The molecule has 0 spiro atoms. The Kier molecular flexibility index (Phi) is 5.68. The molecule has 3 aromatic carbocycles. The molecule has 0 radical (unpaired) electrons. The molecule has 0 saturated heterocycles. The van der Waals surface area contributed by atoms with E-state index in [1.54, 1.807) is 0 Å². The van der Waals surface area contributed by atoms with Gasteiger partial charge in [0.1, 0.15) is 5.75 Å². The van der Waals surface area contributed by atoms with E-state index in [4.69, 9.17) is 4.74 Å². The largest absolute Gasteiger partial charge is 0.494 e. The van der Waals surface area contributed by atoms with E-state index >= 15 is 0 Å². The average Bonchev–Trinajstić information content (AvgIpc) is 2.65. The first kappa shape index (κ1) is 17.0. The molecule has 3 heteroatoms. The van der Waals surface area contributed by atoms with Crippen molar-refractivity contribution in [2.24, 2.45) is 0 Å². The zero-order chi connectivity index (χ0) is 17.5. The summed E-state index contributed by atoms with van der Waals surface area (Å²) in [7, 11) is 0. The molecule has 0 aliphatic heterocycles. The minimum absolute atomic E-state index is 0.0562. The maximum atomic E-state index is 12.0. The van der Waals surface area contributed by atoms with Gasteiger partial charge in [-0.15, -0.1) is 0 Å². The highest BCUT2D eigenvalue weighted by atomic mass is 16.5. The molecule has 1 amide bonds. The average molecular weight is 333 g/mol. The number of rotatable bonds is 7. The lowest BCUT2D eigenvalue weighted by Crippen LogP contribution is -2.22. The Morgan fingerprint density at radius 3 is 2.52 bits per heavy atom. The van der Waals surface area contributed by atoms with Crippen LogP contribution in [-0.4, -0.2) is 12.5 Å². The standard InChI is InChI=1S/C22H23NO2/c1-17-8-12-21(13-9-17)25-14-4-7-22(24)23-16-18-10-11-19-5-2-3-6-20(19)15-18/h2-3,5-6,8-13,15H,4,7,14,16H2,1H3,(H,23,24). The Balaban J connectivity index is 1.39. The summed E-state index contributed by atoms with van der Waals surface area (Å²) < 4.78 is 5.64. The van der Waals surface area contributed by atoms with Crippen molar-refractivity contribution in [1.82, 2.24) is 5.32 Å². The van der Waals surface area contributed by atoms with Gasteiger partial charge in [0.15, 0.2) is 0 Å². The van der Waals surface area contributed by atoms with Crippen LogP contribution in [-0.2, 0) is 11.3 Å². The number of hydrogen-bond donors (Lipinski definition) is 1. The van der Waals surface area contributed by atoms with Gasteiger partial charge < -0.3 is 10.1 Å². The molecule has 0 atom stereocenters. The fourth-order valence-electron chi connectivity index (χ4n) is 2.70. The van der Waals surface area contributed by atoms with Gasteiger partial charge in [-0.05, 0) is 47.9 Å². The lowest BCUT2D eigenvalue weighted by atomic mass is 10.1. The highest BCUT2D eigenvalue weighted by molar-refractivity contribution is 5.83. The summed E-state index contributed by atoms with van der Waals surface area (Å²) in [5.41, 5.74) is 2.32. The van der Waals surface area contributed by atoms with E-state index in [9.17, 15) is 4.79 Å². The number of nitrogens with one attached hydrogen (secondary N) is 1. The molecule has 128 valence electrons. The van der Waals surface area contributed by atoms with Crippen LogP contribution in [0.4, 0.5) is 0 Å². The molecular weight excluding hydrogens is 310 g/mol. The molecule has 0 saturated carbocycles. The zero-order valence-electron chi connectivity index (χ0n) is 14.5. The van der Waals surface area contributed by atoms with Crippen LogP contribution in [0.25, 0.3) is 10.8 Å². The molecule has 0 fully saturated rings. The van der Waals surface area contributed by atoms with E-state index in [1.807, 2.05) is 43.3 Å². The van der Waals surface area contributed by atoms with Gasteiger partial charge in [0.25, 0.3) is 0 Å². The lowest BCUT2D eigenvalue weighted by molar-refractivity contribution is -0.121. The third kappa shape index (κ3) is 5.08. The molecule has 25 heavy (non-hydrogen) atoms. The molecule has 3 rings (SSSR count). The molecule has 0 unspecified atom stereocenters. The first-order valence-electron chi connectivity index (χ1n) is 8.64. The molecule has 0 heterocycles. The number of benzene rings is 3. The summed E-state index contributed by atoms with van der Waals surface area (Å²) in [6, 6.07) is 22.4. The highest BCUT2D eigenvalue weighted by Gasteiger charge is 2.03. The van der Waals surface area contributed by atoms with Gasteiger partial charge in [0.2, 0.25) is 5.91 Å². The fourth-order valence-corrected chi connectivity index (χ4v) is 2.70. The van der Waals surface area contributed by atoms with Crippen molar-refractivity contribution >= 4 is 16.7 Å². The Morgan fingerprint density at radius 2 is 1.72 bits per heavy atom. The zero-order valence-corrected chi connectivity index (χ0v) is 14.5. The van der Waals surface area contributed by atoms with Crippen LogP contribution < -0.4 is 10.1 Å². The van der Waals surface area contributed by atoms with Crippen LogP contribution in [0.3, 0.4) is 0 Å². The van der Waals surface area contributed by atoms with Gasteiger partial charge in [0.05, 0.1) is 6.61 Å². The summed E-state index contributed by atoms with van der Waals surface area (Å²) in [5.74, 6) is 0.905. The van der Waals surface area contributed by atoms with Crippen molar-refractivity contribution in [1.29, 1.82) is 0 Å². The Hall–Kier alpha value is -2.81. The summed E-state index contributed by atoms with van der Waals surface area (Å²) in [4.78, 5) is 12.0. The minimum Gasteiger partial charge on any atom is -0.494 e. The number of fused-ring (bicyclic) bond motifs is 1. The summed E-state index contributed by atoms with van der Waals surface area (Å²) in [5, 5.41) is 5.38. The van der Waals surface area contributed by atoms with Crippen LogP contribution in [0.2, 0.25) is 0 Å². The van der Waals surface area contributed by atoms with Crippen LogP contribution in [0.5, 0.6) is 5.75 Å². The lowest BCUT2D eigenvalue weighted by Gasteiger charge is -2.08. The van der Waals surface area contributed by atoms with Crippen LogP contribution >= 0.6 is 0 Å². The molecule has 1 N–H and O–H groups in total. The van der Waals surface area contributed by atoms with E-state index in [-0.39, 0.29) is 5.91 Å². The Labute approximate surface area is 148 Å². The topological polar surface area (TPSA) is 38.3 Å². The quantitative estimate of drug-likeness (QED) is 0.641. The number of ether oxygens (including phenoxy) is 1. The molecular formula is C22H23NO2. The summed E-state index contributed by atoms with van der Waals surface area (Å²) in [6.45, 7) is 3.15. The van der Waals surface area contributed by atoms with Crippen LogP contribution in [0.1, 0.15) is 24.0 Å². The Morgan fingerprint density at radius 1 is 0.960 bits per heavy atom. The number of amides is 1. The second-order valence-corrected chi connectivity index (χ2v) is 6.22. The number of carbonyl (C=O) groups excluding carboxylic acids is 1. The van der Waals surface area contributed by atoms with E-state index in [0.29, 0.717) is 26.0 Å². The normalized spacial score (nSPS) is 10.6.